The summed E-state index contributed by atoms with van der Waals surface area (Å²) in [5, 5.41) is 0. The SMILES string of the molecule is CC(=O)OCc1nc(N)cc(C)c1CN. The molecule has 0 radical (unpaired) electrons. The Bertz CT molecular complexity index is 377. The van der Waals surface area contributed by atoms with Crippen LogP contribution in [-0.2, 0) is 22.7 Å². The average molecular weight is 209 g/mol. The highest BCUT2D eigenvalue weighted by Gasteiger charge is 2.08. The van der Waals surface area contributed by atoms with Gasteiger partial charge in [0.15, 0.2) is 0 Å². The molecule has 0 saturated carbocycles. The predicted molar refractivity (Wildman–Crippen MR) is 56.7 cm³/mol. The Kier molecular flexibility index (Phi) is 3.62. The molecule has 0 bridgehead atoms. The number of aromatic nitrogens is 1. The average Bonchev–Trinajstić information content (AvgIpc) is 2.13. The number of rotatable bonds is 3. The van der Waals surface area contributed by atoms with Gasteiger partial charge in [0.2, 0.25) is 0 Å². The molecule has 0 saturated heterocycles. The van der Waals surface area contributed by atoms with Gasteiger partial charge in [0.1, 0.15) is 12.4 Å². The number of ether oxygens (including phenoxy) is 1. The normalized spacial score (nSPS) is 10.1. The lowest BCUT2D eigenvalue weighted by molar-refractivity contribution is -0.142. The second-order valence-corrected chi connectivity index (χ2v) is 3.27. The highest BCUT2D eigenvalue weighted by atomic mass is 16.5. The molecule has 0 amide bonds. The van der Waals surface area contributed by atoms with Gasteiger partial charge in [0.05, 0.1) is 5.69 Å². The van der Waals surface area contributed by atoms with Gasteiger partial charge in [-0.1, -0.05) is 0 Å². The summed E-state index contributed by atoms with van der Waals surface area (Å²) in [7, 11) is 0. The van der Waals surface area contributed by atoms with E-state index in [1.54, 1.807) is 6.07 Å². The number of anilines is 1. The summed E-state index contributed by atoms with van der Waals surface area (Å²) in [6.45, 7) is 3.72. The van der Waals surface area contributed by atoms with Gasteiger partial charge in [-0.25, -0.2) is 4.98 Å². The van der Waals surface area contributed by atoms with E-state index in [4.69, 9.17) is 16.2 Å². The van der Waals surface area contributed by atoms with Gasteiger partial charge >= 0.3 is 5.97 Å². The maximum atomic E-state index is 10.7. The molecule has 0 spiro atoms. The minimum absolute atomic E-state index is 0.119. The van der Waals surface area contributed by atoms with Crippen LogP contribution in [0.5, 0.6) is 0 Å². The molecule has 1 aromatic rings. The van der Waals surface area contributed by atoms with E-state index in [1.807, 2.05) is 6.92 Å². The van der Waals surface area contributed by atoms with Crippen LogP contribution in [0.25, 0.3) is 0 Å². The van der Waals surface area contributed by atoms with Crippen molar-refractivity contribution in [1.29, 1.82) is 0 Å². The molecule has 0 unspecified atom stereocenters. The lowest BCUT2D eigenvalue weighted by Crippen LogP contribution is -2.11. The van der Waals surface area contributed by atoms with Crippen LogP contribution in [-0.4, -0.2) is 11.0 Å². The second kappa shape index (κ2) is 4.75. The summed E-state index contributed by atoms with van der Waals surface area (Å²) in [6.07, 6.45) is 0. The first-order valence-corrected chi connectivity index (χ1v) is 4.63. The fourth-order valence-electron chi connectivity index (χ4n) is 1.36. The summed E-state index contributed by atoms with van der Waals surface area (Å²) in [4.78, 5) is 14.8. The molecule has 5 nitrogen and oxygen atoms in total. The van der Waals surface area contributed by atoms with Crippen LogP contribution in [0.2, 0.25) is 0 Å². The highest BCUT2D eigenvalue weighted by molar-refractivity contribution is 5.65. The number of carbonyl (C=O) groups excluding carboxylic acids is 1. The van der Waals surface area contributed by atoms with Crippen molar-refractivity contribution < 1.29 is 9.53 Å². The molecule has 0 aliphatic carbocycles. The van der Waals surface area contributed by atoms with Crippen molar-refractivity contribution in [2.75, 3.05) is 5.73 Å². The third-order valence-electron chi connectivity index (χ3n) is 2.07. The van der Waals surface area contributed by atoms with Crippen LogP contribution in [0.15, 0.2) is 6.07 Å². The van der Waals surface area contributed by atoms with Crippen molar-refractivity contribution in [3.8, 4) is 0 Å². The van der Waals surface area contributed by atoms with E-state index < -0.39 is 0 Å². The van der Waals surface area contributed by atoms with Crippen molar-refractivity contribution >= 4 is 11.8 Å². The van der Waals surface area contributed by atoms with Crippen molar-refractivity contribution in [2.45, 2.75) is 27.0 Å². The lowest BCUT2D eigenvalue weighted by atomic mass is 10.1. The minimum Gasteiger partial charge on any atom is -0.459 e. The van der Waals surface area contributed by atoms with E-state index in [2.05, 4.69) is 4.98 Å². The van der Waals surface area contributed by atoms with Gasteiger partial charge < -0.3 is 16.2 Å². The largest absolute Gasteiger partial charge is 0.459 e. The maximum absolute atomic E-state index is 10.7. The molecule has 1 heterocycles. The molecule has 5 heteroatoms. The Balaban J connectivity index is 2.98. The summed E-state index contributed by atoms with van der Waals surface area (Å²) >= 11 is 0. The molecule has 0 aromatic carbocycles. The quantitative estimate of drug-likeness (QED) is 0.707. The monoisotopic (exact) mass is 209 g/mol. The molecule has 1 aromatic heterocycles. The van der Waals surface area contributed by atoms with Crippen LogP contribution >= 0.6 is 0 Å². The van der Waals surface area contributed by atoms with Crippen LogP contribution in [0.3, 0.4) is 0 Å². The number of nitrogen functional groups attached to an aromatic ring is 1. The molecule has 15 heavy (non-hydrogen) atoms. The van der Waals surface area contributed by atoms with Gasteiger partial charge in [0, 0.05) is 13.5 Å². The molecular formula is C10H15N3O2. The zero-order valence-electron chi connectivity index (χ0n) is 8.91. The summed E-state index contributed by atoms with van der Waals surface area (Å²) < 4.78 is 4.87. The number of carbonyl (C=O) groups is 1. The fraction of sp³-hybridized carbons (Fsp3) is 0.400. The third-order valence-corrected chi connectivity index (χ3v) is 2.07. The summed E-state index contributed by atoms with van der Waals surface area (Å²) in [5.74, 6) is 0.0618. The number of esters is 1. The van der Waals surface area contributed by atoms with Crippen LogP contribution in [0, 0.1) is 6.92 Å². The van der Waals surface area contributed by atoms with Crippen LogP contribution in [0.1, 0.15) is 23.7 Å². The number of nitrogens with two attached hydrogens (primary N) is 2. The predicted octanol–water partition coefficient (Wildman–Crippen LogP) is 0.494. The van der Waals surface area contributed by atoms with E-state index in [1.165, 1.54) is 6.92 Å². The van der Waals surface area contributed by atoms with Crippen molar-refractivity contribution in [3.05, 3.63) is 22.9 Å². The lowest BCUT2D eigenvalue weighted by Gasteiger charge is -2.10. The molecule has 0 aliphatic rings. The van der Waals surface area contributed by atoms with Crippen molar-refractivity contribution in [3.63, 3.8) is 0 Å². The van der Waals surface area contributed by atoms with E-state index in [0.29, 0.717) is 18.1 Å². The Morgan fingerprint density at radius 1 is 1.60 bits per heavy atom. The number of hydrogen-bond acceptors (Lipinski definition) is 5. The molecule has 0 fully saturated rings. The number of aryl methyl sites for hydroxylation is 1. The number of hydrogen-bond donors (Lipinski definition) is 2. The smallest absolute Gasteiger partial charge is 0.303 e. The second-order valence-electron chi connectivity index (χ2n) is 3.27. The zero-order chi connectivity index (χ0) is 11.4. The first kappa shape index (κ1) is 11.5. The molecule has 4 N–H and O–H groups in total. The van der Waals surface area contributed by atoms with Gasteiger partial charge in [-0.3, -0.25) is 4.79 Å². The molecule has 1 rings (SSSR count). The molecule has 0 aliphatic heterocycles. The Labute approximate surface area is 88.4 Å². The van der Waals surface area contributed by atoms with Crippen molar-refractivity contribution in [2.24, 2.45) is 5.73 Å². The summed E-state index contributed by atoms with van der Waals surface area (Å²) in [6, 6.07) is 1.75. The van der Waals surface area contributed by atoms with Gasteiger partial charge in [-0.05, 0) is 24.1 Å². The Hall–Kier alpha value is -1.62. The van der Waals surface area contributed by atoms with E-state index in [9.17, 15) is 4.79 Å². The van der Waals surface area contributed by atoms with Crippen molar-refractivity contribution in [1.82, 2.24) is 4.98 Å². The number of nitrogens with zero attached hydrogens (tertiary/aromatic N) is 1. The van der Waals surface area contributed by atoms with Crippen LogP contribution < -0.4 is 11.5 Å². The zero-order valence-corrected chi connectivity index (χ0v) is 8.91. The fourth-order valence-corrected chi connectivity index (χ4v) is 1.36. The van der Waals surface area contributed by atoms with Gasteiger partial charge in [-0.2, -0.15) is 0 Å². The van der Waals surface area contributed by atoms with Gasteiger partial charge in [-0.15, -0.1) is 0 Å². The maximum Gasteiger partial charge on any atom is 0.303 e. The molecule has 0 atom stereocenters. The van der Waals surface area contributed by atoms with E-state index in [0.717, 1.165) is 11.1 Å². The minimum atomic E-state index is -0.347. The van der Waals surface area contributed by atoms with Gasteiger partial charge in [0.25, 0.3) is 0 Å². The standard InChI is InChI=1S/C10H15N3O2/c1-6-3-10(12)13-9(8(6)4-11)5-15-7(2)14/h3H,4-5,11H2,1-2H3,(H2,12,13). The topological polar surface area (TPSA) is 91.2 Å². The Morgan fingerprint density at radius 2 is 2.27 bits per heavy atom. The molecular weight excluding hydrogens is 194 g/mol. The third kappa shape index (κ3) is 2.92. The summed E-state index contributed by atoms with van der Waals surface area (Å²) in [5.41, 5.74) is 13.7. The highest BCUT2D eigenvalue weighted by Crippen LogP contribution is 2.15. The first-order chi connectivity index (χ1) is 7.04. The van der Waals surface area contributed by atoms with E-state index >= 15 is 0 Å². The molecule has 82 valence electrons. The first-order valence-electron chi connectivity index (χ1n) is 4.63. The van der Waals surface area contributed by atoms with Crippen LogP contribution in [0.4, 0.5) is 5.82 Å². The number of pyridine rings is 1. The van der Waals surface area contributed by atoms with E-state index in [-0.39, 0.29) is 12.6 Å². The Morgan fingerprint density at radius 3 is 2.80 bits per heavy atom.